The molecule has 2 aromatic carbocycles. The lowest BCUT2D eigenvalue weighted by Gasteiger charge is -2.43. The first kappa shape index (κ1) is 16.8. The fraction of sp³-hybridized carbons (Fsp3) is 0.455. The van der Waals surface area contributed by atoms with Gasteiger partial charge in [-0.2, -0.15) is 0 Å². The highest BCUT2D eigenvalue weighted by atomic mass is 16.5. The zero-order valence-corrected chi connectivity index (χ0v) is 15.1. The number of ether oxygens (including phenoxy) is 1. The minimum absolute atomic E-state index is 0.330. The van der Waals surface area contributed by atoms with Gasteiger partial charge in [-0.3, -0.25) is 9.80 Å². The number of fused-ring (bicyclic) bond motifs is 4. The summed E-state index contributed by atoms with van der Waals surface area (Å²) in [7, 11) is 2.27. The highest BCUT2D eigenvalue weighted by Crippen LogP contribution is 2.30. The summed E-state index contributed by atoms with van der Waals surface area (Å²) in [6.07, 6.45) is 2.72. The van der Waals surface area contributed by atoms with Crippen LogP contribution in [0.4, 0.5) is 0 Å². The van der Waals surface area contributed by atoms with Crippen molar-refractivity contribution in [3.05, 3.63) is 71.8 Å². The van der Waals surface area contributed by atoms with Crippen LogP contribution in [-0.2, 0) is 17.9 Å². The minimum atomic E-state index is 0.330. The van der Waals surface area contributed by atoms with Gasteiger partial charge in [0.25, 0.3) is 0 Å². The maximum atomic E-state index is 6.38. The highest BCUT2D eigenvalue weighted by Gasteiger charge is 2.40. The van der Waals surface area contributed by atoms with Crippen LogP contribution in [0.2, 0.25) is 0 Å². The van der Waals surface area contributed by atoms with Crippen LogP contribution in [0.15, 0.2) is 60.7 Å². The van der Waals surface area contributed by atoms with E-state index >= 15 is 0 Å². The Morgan fingerprint density at radius 3 is 2.28 bits per heavy atom. The summed E-state index contributed by atoms with van der Waals surface area (Å²) in [4.78, 5) is 5.20. The smallest absolute Gasteiger partial charge is 0.0747 e. The Labute approximate surface area is 151 Å². The fourth-order valence-corrected chi connectivity index (χ4v) is 4.32. The molecule has 0 N–H and O–H groups in total. The van der Waals surface area contributed by atoms with Crippen molar-refractivity contribution in [1.29, 1.82) is 0 Å². The van der Waals surface area contributed by atoms with Crippen LogP contribution in [0.3, 0.4) is 0 Å². The average molecular weight is 336 g/mol. The summed E-state index contributed by atoms with van der Waals surface area (Å²) in [6, 6.07) is 22.5. The van der Waals surface area contributed by atoms with E-state index in [2.05, 4.69) is 77.5 Å². The topological polar surface area (TPSA) is 15.7 Å². The lowest BCUT2D eigenvalue weighted by Crippen LogP contribution is -2.57. The lowest BCUT2D eigenvalue weighted by molar-refractivity contribution is -0.0382. The second-order valence-corrected chi connectivity index (χ2v) is 7.49. The molecule has 3 aliphatic heterocycles. The number of benzene rings is 2. The molecule has 3 nitrogen and oxygen atoms in total. The Morgan fingerprint density at radius 2 is 1.56 bits per heavy atom. The van der Waals surface area contributed by atoms with E-state index in [9.17, 15) is 0 Å². The molecule has 0 aromatic heterocycles. The maximum Gasteiger partial charge on any atom is 0.0747 e. The molecule has 25 heavy (non-hydrogen) atoms. The van der Waals surface area contributed by atoms with Crippen LogP contribution in [0, 0.1) is 0 Å². The molecule has 3 fully saturated rings. The molecule has 0 saturated carbocycles. The first-order chi connectivity index (χ1) is 12.3. The Bertz CT molecular complexity index is 660. The van der Waals surface area contributed by atoms with E-state index in [0.29, 0.717) is 18.2 Å². The van der Waals surface area contributed by atoms with Crippen LogP contribution in [0.5, 0.6) is 0 Å². The van der Waals surface area contributed by atoms with Crippen molar-refractivity contribution in [2.75, 3.05) is 20.1 Å². The quantitative estimate of drug-likeness (QED) is 0.830. The molecule has 3 saturated heterocycles. The number of piperazine rings is 1. The second kappa shape index (κ2) is 7.69. The number of nitrogens with zero attached hydrogens (tertiary/aromatic N) is 2. The van der Waals surface area contributed by atoms with Crippen molar-refractivity contribution in [2.45, 2.75) is 44.2 Å². The summed E-state index contributed by atoms with van der Waals surface area (Å²) in [5, 5.41) is 0. The summed E-state index contributed by atoms with van der Waals surface area (Å²) in [5.74, 6) is 0. The molecule has 5 rings (SSSR count). The van der Waals surface area contributed by atoms with Crippen molar-refractivity contribution >= 4 is 0 Å². The molecule has 3 heterocycles. The van der Waals surface area contributed by atoms with E-state index in [-0.39, 0.29) is 0 Å². The van der Waals surface area contributed by atoms with Gasteiger partial charge in [-0.05, 0) is 31.0 Å². The van der Waals surface area contributed by atoms with Crippen LogP contribution in [-0.4, -0.2) is 48.1 Å². The zero-order chi connectivity index (χ0) is 17.1. The average Bonchev–Trinajstić information content (AvgIpc) is 2.91. The molecule has 0 spiro atoms. The molecule has 0 amide bonds. The van der Waals surface area contributed by atoms with E-state index < -0.39 is 0 Å². The van der Waals surface area contributed by atoms with Crippen molar-refractivity contribution in [3.8, 4) is 0 Å². The Hall–Kier alpha value is -1.68. The SMILES string of the molecule is CN1CC2CC[C@@H](OCc3ccccc3)C1CN2Cc1ccccc1. The van der Waals surface area contributed by atoms with Gasteiger partial charge in [0.15, 0.2) is 0 Å². The van der Waals surface area contributed by atoms with Crippen LogP contribution in [0.25, 0.3) is 0 Å². The summed E-state index contributed by atoms with van der Waals surface area (Å²) < 4.78 is 6.38. The first-order valence-electron chi connectivity index (χ1n) is 9.43. The number of hydrogen-bond donors (Lipinski definition) is 0. The van der Waals surface area contributed by atoms with E-state index in [0.717, 1.165) is 32.7 Å². The van der Waals surface area contributed by atoms with E-state index in [4.69, 9.17) is 4.74 Å². The molecule has 132 valence electrons. The minimum Gasteiger partial charge on any atom is -0.372 e. The number of hydrogen-bond acceptors (Lipinski definition) is 3. The van der Waals surface area contributed by atoms with Gasteiger partial charge in [-0.1, -0.05) is 60.7 Å². The first-order valence-corrected chi connectivity index (χ1v) is 9.43. The van der Waals surface area contributed by atoms with Crippen LogP contribution in [0.1, 0.15) is 24.0 Å². The normalized spacial score (nSPS) is 27.3. The van der Waals surface area contributed by atoms with Gasteiger partial charge in [-0.25, -0.2) is 0 Å². The maximum absolute atomic E-state index is 6.38. The van der Waals surface area contributed by atoms with E-state index in [1.165, 1.54) is 17.5 Å². The van der Waals surface area contributed by atoms with Gasteiger partial charge in [0.05, 0.1) is 12.7 Å². The zero-order valence-electron chi connectivity index (χ0n) is 15.1. The molecule has 3 heteroatoms. The third kappa shape index (κ3) is 3.95. The van der Waals surface area contributed by atoms with E-state index in [1.54, 1.807) is 0 Å². The van der Waals surface area contributed by atoms with Gasteiger partial charge < -0.3 is 4.74 Å². The molecule has 3 aliphatic rings. The van der Waals surface area contributed by atoms with Gasteiger partial charge in [-0.15, -0.1) is 0 Å². The molecule has 3 atom stereocenters. The third-order valence-electron chi connectivity index (χ3n) is 5.75. The Kier molecular flexibility index (Phi) is 5.16. The highest BCUT2D eigenvalue weighted by molar-refractivity contribution is 5.16. The fourth-order valence-electron chi connectivity index (χ4n) is 4.32. The lowest BCUT2D eigenvalue weighted by atomic mass is 10.1. The number of likely N-dealkylation sites (N-methyl/N-ethyl adjacent to an activating group) is 1. The Balaban J connectivity index is 1.42. The summed E-state index contributed by atoms with van der Waals surface area (Å²) >= 11 is 0. The molecule has 0 aliphatic carbocycles. The number of rotatable bonds is 5. The second-order valence-electron chi connectivity index (χ2n) is 7.49. The largest absolute Gasteiger partial charge is 0.372 e. The van der Waals surface area contributed by atoms with Crippen LogP contribution < -0.4 is 0 Å². The van der Waals surface area contributed by atoms with Crippen molar-refractivity contribution in [3.63, 3.8) is 0 Å². The standard InChI is InChI=1S/C22H28N2O/c1-23-15-20-12-13-22(25-17-19-10-6-3-7-11-19)21(23)16-24(20)14-18-8-4-2-5-9-18/h2-11,20-22H,12-17H2,1H3/t20?,21?,22-/m1/s1. The van der Waals surface area contributed by atoms with Crippen LogP contribution >= 0.6 is 0 Å². The van der Waals surface area contributed by atoms with Gasteiger partial charge >= 0.3 is 0 Å². The predicted octanol–water partition coefficient (Wildman–Crippen LogP) is 3.55. The van der Waals surface area contributed by atoms with E-state index in [1.807, 2.05) is 0 Å². The molecule has 2 unspecified atom stereocenters. The van der Waals surface area contributed by atoms with Gasteiger partial charge in [0, 0.05) is 31.7 Å². The molecular weight excluding hydrogens is 308 g/mol. The Morgan fingerprint density at radius 1 is 0.880 bits per heavy atom. The predicted molar refractivity (Wildman–Crippen MR) is 101 cm³/mol. The van der Waals surface area contributed by atoms with Gasteiger partial charge in [0.1, 0.15) is 0 Å². The molecule has 2 bridgehead atoms. The third-order valence-corrected chi connectivity index (χ3v) is 5.75. The van der Waals surface area contributed by atoms with Crippen molar-refractivity contribution in [2.24, 2.45) is 0 Å². The molecular formula is C22H28N2O. The van der Waals surface area contributed by atoms with Crippen molar-refractivity contribution < 1.29 is 4.74 Å². The molecule has 2 aromatic rings. The summed E-state index contributed by atoms with van der Waals surface area (Å²) in [6.45, 7) is 4.04. The molecule has 0 radical (unpaired) electrons. The van der Waals surface area contributed by atoms with Crippen molar-refractivity contribution in [1.82, 2.24) is 9.80 Å². The van der Waals surface area contributed by atoms with Gasteiger partial charge in [0.2, 0.25) is 0 Å². The monoisotopic (exact) mass is 336 g/mol. The summed E-state index contributed by atoms with van der Waals surface area (Å²) in [5.41, 5.74) is 2.68.